The van der Waals surface area contributed by atoms with Crippen LogP contribution in [0.3, 0.4) is 0 Å². The summed E-state index contributed by atoms with van der Waals surface area (Å²) in [6.07, 6.45) is 3.40. The molecule has 3 amide bonds. The number of rotatable bonds is 16. The number of carbonyl (C=O) groups is 3. The average molecular weight is 564 g/mol. The molecule has 2 aromatic carbocycles. The third kappa shape index (κ3) is 9.89. The first-order valence-corrected chi connectivity index (χ1v) is 14.2. The van der Waals surface area contributed by atoms with Crippen LogP contribution in [0.25, 0.3) is 0 Å². The molecule has 9 heteroatoms. The number of carboxylic acids is 1. The Hall–Kier alpha value is -4.11. The largest absolute Gasteiger partial charge is 0.490 e. The maximum atomic E-state index is 13.8. The highest BCUT2D eigenvalue weighted by molar-refractivity contribution is 7.09. The minimum absolute atomic E-state index is 0.181. The Bertz CT molecular complexity index is 1220. The van der Waals surface area contributed by atoms with Crippen LogP contribution in [-0.2, 0) is 22.7 Å². The first kappa shape index (κ1) is 30.4. The van der Waals surface area contributed by atoms with Crippen LogP contribution in [0.4, 0.5) is 4.79 Å². The van der Waals surface area contributed by atoms with Gasteiger partial charge in [0, 0.05) is 11.4 Å². The van der Waals surface area contributed by atoms with Gasteiger partial charge in [0.2, 0.25) is 5.91 Å². The summed E-state index contributed by atoms with van der Waals surface area (Å²) >= 11 is 1.58. The van der Waals surface area contributed by atoms with Crippen molar-refractivity contribution < 1.29 is 24.2 Å². The summed E-state index contributed by atoms with van der Waals surface area (Å²) in [5, 5.41) is 17.1. The van der Waals surface area contributed by atoms with Crippen molar-refractivity contribution in [2.75, 3.05) is 6.61 Å². The maximum absolute atomic E-state index is 13.8. The quantitative estimate of drug-likeness (QED) is 0.188. The Kier molecular flexibility index (Phi) is 12.2. The molecule has 0 unspecified atom stereocenters. The Balaban J connectivity index is 1.76. The molecule has 2 atom stereocenters. The topological polar surface area (TPSA) is 108 Å². The average Bonchev–Trinajstić information content (AvgIpc) is 3.47. The molecule has 0 aliphatic heterocycles. The van der Waals surface area contributed by atoms with Gasteiger partial charge in [-0.15, -0.1) is 11.3 Å². The van der Waals surface area contributed by atoms with Crippen molar-refractivity contribution in [2.45, 2.75) is 57.8 Å². The molecular formula is C31H37N3O5S. The normalized spacial score (nSPS) is 12.1. The van der Waals surface area contributed by atoms with Crippen LogP contribution < -0.4 is 15.4 Å². The zero-order valence-corrected chi connectivity index (χ0v) is 23.6. The number of carboxylic acid groups (broad SMARTS) is 1. The highest BCUT2D eigenvalue weighted by atomic mass is 32.1. The van der Waals surface area contributed by atoms with E-state index in [1.165, 1.54) is 0 Å². The first-order chi connectivity index (χ1) is 19.4. The molecule has 3 aromatic rings. The second-order valence-electron chi connectivity index (χ2n) is 9.39. The number of urea groups is 1. The third-order valence-electron chi connectivity index (χ3n) is 6.24. The molecule has 40 heavy (non-hydrogen) atoms. The fourth-order valence-electron chi connectivity index (χ4n) is 4.23. The number of ether oxygens (including phenoxy) is 1. The van der Waals surface area contributed by atoms with E-state index >= 15 is 0 Å². The molecular weight excluding hydrogens is 526 g/mol. The number of carbonyl (C=O) groups excluding carboxylic acids is 2. The Labute approximate surface area is 239 Å². The highest BCUT2D eigenvalue weighted by Gasteiger charge is 2.27. The van der Waals surface area contributed by atoms with Crippen LogP contribution >= 0.6 is 11.3 Å². The lowest BCUT2D eigenvalue weighted by molar-refractivity contribution is -0.137. The molecule has 1 aromatic heterocycles. The number of nitrogens with one attached hydrogen (secondary N) is 2. The zero-order chi connectivity index (χ0) is 28.7. The van der Waals surface area contributed by atoms with E-state index in [0.29, 0.717) is 37.4 Å². The molecule has 0 spiro atoms. The van der Waals surface area contributed by atoms with Crippen LogP contribution in [0.15, 0.2) is 84.8 Å². The van der Waals surface area contributed by atoms with Gasteiger partial charge in [-0.3, -0.25) is 9.59 Å². The summed E-state index contributed by atoms with van der Waals surface area (Å²) in [7, 11) is 0. The summed E-state index contributed by atoms with van der Waals surface area (Å²) in [5.41, 5.74) is 1.61. The standard InChI is InChI=1S/C31H37N3O5S/c1-3-5-13-27(30(37)34(22-26-12-9-19-40-26)21-23-10-7-6-8-11-23)32-31(38)33-28(20-29(35)36)24-14-16-25(17-15-24)39-18-4-2/h4,6-12,14-17,19,27-28H,2-3,5,13,18,20-22H2,1H3,(H,35,36)(H2,32,33,38)/t27-,28-/m0/s1. The van der Waals surface area contributed by atoms with E-state index in [9.17, 15) is 19.5 Å². The highest BCUT2D eigenvalue weighted by Crippen LogP contribution is 2.21. The van der Waals surface area contributed by atoms with Gasteiger partial charge in [-0.2, -0.15) is 0 Å². The summed E-state index contributed by atoms with van der Waals surface area (Å²) in [4.78, 5) is 41.4. The fraction of sp³-hybridized carbons (Fsp3) is 0.323. The van der Waals surface area contributed by atoms with Crippen molar-refractivity contribution in [1.82, 2.24) is 15.5 Å². The van der Waals surface area contributed by atoms with Gasteiger partial charge in [0.1, 0.15) is 18.4 Å². The summed E-state index contributed by atoms with van der Waals surface area (Å²) in [6.45, 7) is 6.83. The molecule has 0 saturated carbocycles. The fourth-order valence-corrected chi connectivity index (χ4v) is 4.95. The van der Waals surface area contributed by atoms with Crippen LogP contribution in [0.5, 0.6) is 5.75 Å². The predicted molar refractivity (Wildman–Crippen MR) is 157 cm³/mol. The second-order valence-corrected chi connectivity index (χ2v) is 10.4. The van der Waals surface area contributed by atoms with Gasteiger partial charge in [0.05, 0.1) is 19.0 Å². The van der Waals surface area contributed by atoms with Crippen LogP contribution in [0.1, 0.15) is 54.7 Å². The molecule has 0 fully saturated rings. The van der Waals surface area contributed by atoms with Crippen LogP contribution in [0.2, 0.25) is 0 Å². The van der Waals surface area contributed by atoms with E-state index in [2.05, 4.69) is 17.2 Å². The van der Waals surface area contributed by atoms with Gasteiger partial charge in [-0.05, 0) is 41.1 Å². The first-order valence-electron chi connectivity index (χ1n) is 13.4. The van der Waals surface area contributed by atoms with Crippen molar-refractivity contribution >= 4 is 29.2 Å². The lowest BCUT2D eigenvalue weighted by Gasteiger charge is -2.28. The minimum Gasteiger partial charge on any atom is -0.490 e. The third-order valence-corrected chi connectivity index (χ3v) is 7.10. The second kappa shape index (κ2) is 16.1. The smallest absolute Gasteiger partial charge is 0.315 e. The van der Waals surface area contributed by atoms with E-state index in [0.717, 1.165) is 23.3 Å². The molecule has 0 radical (unpaired) electrons. The Morgan fingerprint density at radius 3 is 2.40 bits per heavy atom. The lowest BCUT2D eigenvalue weighted by atomic mass is 10.0. The number of amides is 3. The van der Waals surface area contributed by atoms with E-state index in [1.807, 2.05) is 54.8 Å². The molecule has 0 saturated heterocycles. The van der Waals surface area contributed by atoms with E-state index in [1.54, 1.807) is 46.6 Å². The van der Waals surface area contributed by atoms with Gasteiger partial charge < -0.3 is 25.4 Å². The summed E-state index contributed by atoms with van der Waals surface area (Å²) in [6, 6.07) is 18.4. The molecule has 3 rings (SSSR count). The molecule has 0 bridgehead atoms. The molecule has 0 aliphatic carbocycles. The van der Waals surface area contributed by atoms with Crippen LogP contribution in [0, 0.1) is 0 Å². The van der Waals surface area contributed by atoms with Crippen molar-refractivity contribution in [3.8, 4) is 5.75 Å². The van der Waals surface area contributed by atoms with E-state index < -0.39 is 24.1 Å². The lowest BCUT2D eigenvalue weighted by Crippen LogP contribution is -2.51. The number of hydrogen-bond donors (Lipinski definition) is 3. The minimum atomic E-state index is -1.05. The number of aliphatic carboxylic acids is 1. The van der Waals surface area contributed by atoms with Crippen molar-refractivity contribution in [3.63, 3.8) is 0 Å². The monoisotopic (exact) mass is 563 g/mol. The number of benzene rings is 2. The van der Waals surface area contributed by atoms with Crippen molar-refractivity contribution in [3.05, 3.63) is 101 Å². The molecule has 8 nitrogen and oxygen atoms in total. The van der Waals surface area contributed by atoms with Gasteiger partial charge >= 0.3 is 12.0 Å². The SMILES string of the molecule is C=CCOc1ccc([C@H](CC(=O)O)NC(=O)N[C@@H](CCCC)C(=O)N(Cc2ccccc2)Cc2cccs2)cc1. The molecule has 3 N–H and O–H groups in total. The summed E-state index contributed by atoms with van der Waals surface area (Å²) in [5.74, 6) is -0.628. The van der Waals surface area contributed by atoms with Gasteiger partial charge in [0.25, 0.3) is 0 Å². The Morgan fingerprint density at radius 2 is 1.77 bits per heavy atom. The van der Waals surface area contributed by atoms with E-state index in [-0.39, 0.29) is 12.3 Å². The Morgan fingerprint density at radius 1 is 1.02 bits per heavy atom. The van der Waals surface area contributed by atoms with Crippen LogP contribution in [-0.4, -0.2) is 40.6 Å². The van der Waals surface area contributed by atoms with E-state index in [4.69, 9.17) is 4.74 Å². The molecule has 212 valence electrons. The summed E-state index contributed by atoms with van der Waals surface area (Å²) < 4.78 is 5.50. The predicted octanol–water partition coefficient (Wildman–Crippen LogP) is 5.92. The number of hydrogen-bond acceptors (Lipinski definition) is 5. The van der Waals surface area contributed by atoms with Crippen molar-refractivity contribution in [1.29, 1.82) is 0 Å². The van der Waals surface area contributed by atoms with Gasteiger partial charge in [-0.1, -0.05) is 81.0 Å². The maximum Gasteiger partial charge on any atom is 0.315 e. The molecule has 1 heterocycles. The number of thiophene rings is 1. The van der Waals surface area contributed by atoms with Crippen molar-refractivity contribution in [2.24, 2.45) is 0 Å². The van der Waals surface area contributed by atoms with Gasteiger partial charge in [-0.25, -0.2) is 4.79 Å². The van der Waals surface area contributed by atoms with Gasteiger partial charge in [0.15, 0.2) is 0 Å². The zero-order valence-electron chi connectivity index (χ0n) is 22.8. The molecule has 0 aliphatic rings. The number of unbranched alkanes of at least 4 members (excludes halogenated alkanes) is 1. The number of nitrogens with zero attached hydrogens (tertiary/aromatic N) is 1.